The van der Waals surface area contributed by atoms with Gasteiger partial charge in [0.25, 0.3) is 5.91 Å². The van der Waals surface area contributed by atoms with Crippen LogP contribution < -0.4 is 5.43 Å². The van der Waals surface area contributed by atoms with E-state index >= 15 is 0 Å². The first-order valence-corrected chi connectivity index (χ1v) is 9.90. The van der Waals surface area contributed by atoms with Crippen LogP contribution in [0.25, 0.3) is 0 Å². The van der Waals surface area contributed by atoms with E-state index < -0.39 is 51.4 Å². The predicted molar refractivity (Wildman–Crippen MR) is 105 cm³/mol. The standard InChI is InChI=1S/C18H23N3O8S/c1-8-5-11(22)10(3)13(14(8)24)16(25)20-19-7-18(4,30(28)29)15(17(26)27)21-9(2)6-12(21)23/h5,7,9,15,22,24H,6H2,1-4H3,(H,20,25)(H,26,27)(H,28,29)/p-1/b19-7+/t9-,15+,18+/m1/s1. The third kappa shape index (κ3) is 4.00. The Kier molecular flexibility index (Phi) is 6.52. The van der Waals surface area contributed by atoms with E-state index in [1.54, 1.807) is 6.92 Å². The van der Waals surface area contributed by atoms with Crippen LogP contribution in [0, 0.1) is 13.8 Å². The molecule has 2 amide bonds. The molecule has 1 saturated heterocycles. The molecule has 164 valence electrons. The molecule has 0 saturated carbocycles. The van der Waals surface area contributed by atoms with Crippen LogP contribution in [-0.4, -0.2) is 69.8 Å². The summed E-state index contributed by atoms with van der Waals surface area (Å²) in [7, 11) is 0. The SMILES string of the molecule is Cc1cc(O)c(C)c(C(=O)N/N=C/[C@@](C)([C@H](C(=O)O)N2C(=O)C[C@H]2C)S(=O)[O-])c1O. The third-order valence-electron chi connectivity index (χ3n) is 5.08. The maximum absolute atomic E-state index is 12.4. The Hall–Kier alpha value is -2.99. The summed E-state index contributed by atoms with van der Waals surface area (Å²) in [6.45, 7) is 5.50. The van der Waals surface area contributed by atoms with Gasteiger partial charge in [0.1, 0.15) is 11.5 Å². The zero-order chi connectivity index (χ0) is 23.0. The molecule has 1 heterocycles. The Balaban J connectivity index is 2.35. The average Bonchev–Trinajstić information content (AvgIpc) is 2.64. The van der Waals surface area contributed by atoms with E-state index in [4.69, 9.17) is 0 Å². The number of nitrogens with zero attached hydrogens (tertiary/aromatic N) is 2. The van der Waals surface area contributed by atoms with Crippen LogP contribution in [0.1, 0.15) is 41.8 Å². The van der Waals surface area contributed by atoms with Gasteiger partial charge in [0.15, 0.2) is 6.04 Å². The first kappa shape index (κ1) is 23.3. The van der Waals surface area contributed by atoms with Gasteiger partial charge in [0.2, 0.25) is 5.91 Å². The van der Waals surface area contributed by atoms with Gasteiger partial charge in [0.05, 0.1) is 10.3 Å². The molecule has 1 aliphatic heterocycles. The summed E-state index contributed by atoms with van der Waals surface area (Å²) in [6.07, 6.45) is 0.807. The number of rotatable bonds is 7. The summed E-state index contributed by atoms with van der Waals surface area (Å²) in [5.41, 5.74) is 2.06. The number of aromatic hydroxyl groups is 2. The number of benzene rings is 1. The van der Waals surface area contributed by atoms with Crippen LogP contribution >= 0.6 is 0 Å². The van der Waals surface area contributed by atoms with Crippen molar-refractivity contribution in [2.75, 3.05) is 0 Å². The number of hydrazone groups is 1. The number of carboxylic acids is 1. The first-order valence-electron chi connectivity index (χ1n) is 8.82. The summed E-state index contributed by atoms with van der Waals surface area (Å²) in [5.74, 6) is -3.63. The molecule has 1 aromatic rings. The van der Waals surface area contributed by atoms with Gasteiger partial charge >= 0.3 is 5.97 Å². The number of phenolic OH excluding ortho intramolecular Hbond substituents is 2. The van der Waals surface area contributed by atoms with E-state index in [-0.39, 0.29) is 28.9 Å². The van der Waals surface area contributed by atoms with Crippen LogP contribution in [-0.2, 0) is 20.7 Å². The number of aliphatic carboxylic acids is 1. The zero-order valence-electron chi connectivity index (χ0n) is 16.7. The topological polar surface area (TPSA) is 180 Å². The van der Waals surface area contributed by atoms with Gasteiger partial charge in [0, 0.05) is 24.2 Å². The second-order valence-electron chi connectivity index (χ2n) is 7.27. The fraction of sp³-hybridized carbons (Fsp3) is 0.444. The fourth-order valence-corrected chi connectivity index (χ4v) is 3.81. The second kappa shape index (κ2) is 8.40. The number of hydrogen-bond acceptors (Lipinski definition) is 8. The van der Waals surface area contributed by atoms with E-state index in [1.165, 1.54) is 19.9 Å². The van der Waals surface area contributed by atoms with Gasteiger partial charge in [-0.1, -0.05) is 0 Å². The van der Waals surface area contributed by atoms with Crippen molar-refractivity contribution >= 4 is 35.1 Å². The Morgan fingerprint density at radius 3 is 2.50 bits per heavy atom. The van der Waals surface area contributed by atoms with Crippen molar-refractivity contribution in [3.63, 3.8) is 0 Å². The highest BCUT2D eigenvalue weighted by molar-refractivity contribution is 7.81. The molecule has 1 fully saturated rings. The lowest BCUT2D eigenvalue weighted by atomic mass is 9.92. The largest absolute Gasteiger partial charge is 0.772 e. The fourth-order valence-electron chi connectivity index (χ4n) is 3.27. The molecule has 12 heteroatoms. The van der Waals surface area contributed by atoms with Crippen LogP contribution in [0.4, 0.5) is 0 Å². The molecule has 1 unspecified atom stereocenters. The predicted octanol–water partition coefficient (Wildman–Crippen LogP) is 0.142. The van der Waals surface area contributed by atoms with E-state index in [0.29, 0.717) is 6.21 Å². The summed E-state index contributed by atoms with van der Waals surface area (Å²) >= 11 is -3.03. The van der Waals surface area contributed by atoms with E-state index in [0.717, 1.165) is 11.8 Å². The molecule has 11 nitrogen and oxygen atoms in total. The lowest BCUT2D eigenvalue weighted by molar-refractivity contribution is -0.161. The second-order valence-corrected chi connectivity index (χ2v) is 8.62. The van der Waals surface area contributed by atoms with Crippen LogP contribution in [0.3, 0.4) is 0 Å². The van der Waals surface area contributed by atoms with Crippen molar-refractivity contribution in [3.8, 4) is 11.5 Å². The number of aryl methyl sites for hydroxylation is 1. The van der Waals surface area contributed by atoms with Gasteiger partial charge in [-0.05, 0) is 50.4 Å². The Morgan fingerprint density at radius 1 is 1.43 bits per heavy atom. The van der Waals surface area contributed by atoms with Crippen molar-refractivity contribution < 1.29 is 38.5 Å². The van der Waals surface area contributed by atoms with Crippen LogP contribution in [0.5, 0.6) is 11.5 Å². The van der Waals surface area contributed by atoms with E-state index in [9.17, 15) is 38.5 Å². The average molecular weight is 440 g/mol. The lowest BCUT2D eigenvalue weighted by Gasteiger charge is -2.48. The number of carbonyl (C=O) groups is 3. The molecular weight excluding hydrogens is 418 g/mol. The zero-order valence-corrected chi connectivity index (χ0v) is 17.5. The molecule has 0 aromatic heterocycles. The molecular formula is C18H22N3O8S-. The highest BCUT2D eigenvalue weighted by atomic mass is 32.2. The minimum Gasteiger partial charge on any atom is -0.772 e. The maximum Gasteiger partial charge on any atom is 0.328 e. The van der Waals surface area contributed by atoms with Crippen LogP contribution in [0.15, 0.2) is 11.2 Å². The number of amides is 2. The minimum atomic E-state index is -3.03. The molecule has 0 spiro atoms. The monoisotopic (exact) mass is 440 g/mol. The highest BCUT2D eigenvalue weighted by Crippen LogP contribution is 2.32. The molecule has 0 radical (unpaired) electrons. The normalized spacial score (nSPS) is 20.4. The molecule has 2 rings (SSSR count). The van der Waals surface area contributed by atoms with Crippen molar-refractivity contribution in [3.05, 3.63) is 22.8 Å². The van der Waals surface area contributed by atoms with E-state index in [2.05, 4.69) is 5.10 Å². The molecule has 4 atom stereocenters. The Morgan fingerprint density at radius 2 is 2.03 bits per heavy atom. The number of carboxylic acid groups (broad SMARTS) is 1. The number of likely N-dealkylation sites (tertiary alicyclic amines) is 1. The summed E-state index contributed by atoms with van der Waals surface area (Å²) < 4.78 is 21.6. The van der Waals surface area contributed by atoms with Crippen molar-refractivity contribution in [2.24, 2.45) is 5.10 Å². The van der Waals surface area contributed by atoms with Gasteiger partial charge in [-0.3, -0.25) is 13.8 Å². The number of nitrogens with one attached hydrogen (secondary N) is 1. The van der Waals surface area contributed by atoms with Gasteiger partial charge in [-0.2, -0.15) is 5.10 Å². The first-order chi connectivity index (χ1) is 13.8. The quantitative estimate of drug-likeness (QED) is 0.152. The molecule has 1 aliphatic rings. The Bertz CT molecular complexity index is 937. The summed E-state index contributed by atoms with van der Waals surface area (Å²) in [6, 6.07) is -0.962. The maximum atomic E-state index is 12.4. The molecule has 1 aromatic carbocycles. The van der Waals surface area contributed by atoms with Gasteiger partial charge in [-0.25, -0.2) is 10.2 Å². The lowest BCUT2D eigenvalue weighted by Crippen LogP contribution is -2.67. The van der Waals surface area contributed by atoms with E-state index in [1.807, 2.05) is 5.43 Å². The molecule has 30 heavy (non-hydrogen) atoms. The van der Waals surface area contributed by atoms with Gasteiger partial charge in [-0.15, -0.1) is 0 Å². The smallest absolute Gasteiger partial charge is 0.328 e. The number of hydrogen-bond donors (Lipinski definition) is 4. The van der Waals surface area contributed by atoms with Gasteiger partial charge < -0.3 is 24.8 Å². The number of β-lactam (4-membered cyclic amide) rings is 1. The Labute approximate surface area is 174 Å². The summed E-state index contributed by atoms with van der Waals surface area (Å²) in [4.78, 5) is 37.0. The molecule has 4 N–H and O–H groups in total. The highest BCUT2D eigenvalue weighted by Gasteiger charge is 2.51. The third-order valence-corrected chi connectivity index (χ3v) is 6.13. The molecule has 0 bridgehead atoms. The number of phenols is 2. The summed E-state index contributed by atoms with van der Waals surface area (Å²) in [5, 5.41) is 33.1. The van der Waals surface area contributed by atoms with Crippen molar-refractivity contribution in [1.29, 1.82) is 0 Å². The number of carbonyl (C=O) groups excluding carboxylic acids is 2. The van der Waals surface area contributed by atoms with Crippen molar-refractivity contribution in [1.82, 2.24) is 10.3 Å². The van der Waals surface area contributed by atoms with Crippen molar-refractivity contribution in [2.45, 2.75) is 50.9 Å². The molecule has 0 aliphatic carbocycles. The van der Waals surface area contributed by atoms with Crippen LogP contribution in [0.2, 0.25) is 0 Å². The minimum absolute atomic E-state index is 0.0735.